The second-order valence-corrected chi connectivity index (χ2v) is 4.83. The van der Waals surface area contributed by atoms with Crippen molar-refractivity contribution >= 4 is 0 Å². The van der Waals surface area contributed by atoms with Gasteiger partial charge in [0.25, 0.3) is 0 Å². The topological polar surface area (TPSA) is 77.3 Å². The minimum atomic E-state index is -1.03. The van der Waals surface area contributed by atoms with Gasteiger partial charge in [-0.2, -0.15) is 0 Å². The molecule has 1 aromatic carbocycles. The van der Waals surface area contributed by atoms with Crippen LogP contribution in [0.3, 0.4) is 0 Å². The van der Waals surface area contributed by atoms with Gasteiger partial charge in [-0.3, -0.25) is 0 Å². The minimum Gasteiger partial charge on any atom is -1.00 e. The summed E-state index contributed by atoms with van der Waals surface area (Å²) in [7, 11) is 0. The van der Waals surface area contributed by atoms with Gasteiger partial charge in [-0.1, -0.05) is 37.3 Å². The lowest BCUT2D eigenvalue weighted by atomic mass is 10.0. The smallest absolute Gasteiger partial charge is 0.134 e. The van der Waals surface area contributed by atoms with Crippen LogP contribution in [0.15, 0.2) is 30.3 Å². The summed E-state index contributed by atoms with van der Waals surface area (Å²) in [5.74, 6) is -0.108. The van der Waals surface area contributed by atoms with Gasteiger partial charge in [-0.15, -0.1) is 0 Å². The Morgan fingerprint density at radius 2 is 1.61 bits per heavy atom. The lowest BCUT2D eigenvalue weighted by molar-refractivity contribution is -0.715. The quantitative estimate of drug-likeness (QED) is 0.452. The van der Waals surface area contributed by atoms with Gasteiger partial charge in [-0.25, -0.2) is 0 Å². The number of quaternary nitrogens is 1. The largest absolute Gasteiger partial charge is 1.00 e. The first-order valence-electron chi connectivity index (χ1n) is 6.02. The highest BCUT2D eigenvalue weighted by molar-refractivity contribution is 5.13. The fourth-order valence-corrected chi connectivity index (χ4v) is 2.52. The van der Waals surface area contributed by atoms with Crippen molar-refractivity contribution in [2.45, 2.75) is 37.8 Å². The molecule has 5 N–H and O–H groups in total. The highest BCUT2D eigenvalue weighted by Crippen LogP contribution is 2.24. The van der Waals surface area contributed by atoms with Gasteiger partial charge < -0.3 is 33.0 Å². The molecule has 1 fully saturated rings. The molecule has 0 amide bonds. The van der Waals surface area contributed by atoms with Crippen LogP contribution in [0, 0.1) is 5.92 Å². The second-order valence-electron chi connectivity index (χ2n) is 4.83. The van der Waals surface area contributed by atoms with Crippen molar-refractivity contribution < 1.29 is 33.0 Å². The zero-order valence-corrected chi connectivity index (χ0v) is 11.0. The zero-order valence-electron chi connectivity index (χ0n) is 10.3. The predicted octanol–water partition coefficient (Wildman–Crippen LogP) is -4.14. The Bertz CT molecular complexity index is 349. The molecule has 0 unspecified atom stereocenters. The molecule has 0 heterocycles. The van der Waals surface area contributed by atoms with Gasteiger partial charge in [0.2, 0.25) is 0 Å². The molecule has 2 rings (SSSR count). The standard InChI is InChI=1S/C13H19NO3.ClH/c1-8-10(12(16)13(17)11(8)15)14-7-9-5-3-2-4-6-9;/h2-6,8,10-17H,7H2,1H3;1H/t8-,10-,11-,12-,13-;/m1./s1. The Morgan fingerprint density at radius 1 is 1.00 bits per heavy atom. The molecular weight excluding hydrogens is 254 g/mol. The number of aliphatic hydroxyl groups is 3. The van der Waals surface area contributed by atoms with Gasteiger partial charge >= 0.3 is 0 Å². The van der Waals surface area contributed by atoms with E-state index in [1.807, 2.05) is 42.6 Å². The maximum Gasteiger partial charge on any atom is 0.134 e. The van der Waals surface area contributed by atoms with Crippen LogP contribution < -0.4 is 17.7 Å². The van der Waals surface area contributed by atoms with E-state index >= 15 is 0 Å². The fourth-order valence-electron chi connectivity index (χ4n) is 2.52. The summed E-state index contributed by atoms with van der Waals surface area (Å²) in [6, 6.07) is 9.80. The maximum atomic E-state index is 9.84. The van der Waals surface area contributed by atoms with Crippen molar-refractivity contribution in [3.05, 3.63) is 35.9 Å². The highest BCUT2D eigenvalue weighted by atomic mass is 35.5. The molecule has 5 atom stereocenters. The summed E-state index contributed by atoms with van der Waals surface area (Å²) < 4.78 is 0. The average Bonchev–Trinajstić information content (AvgIpc) is 2.54. The molecule has 1 aliphatic carbocycles. The van der Waals surface area contributed by atoms with Crippen LogP contribution in [0.1, 0.15) is 12.5 Å². The minimum absolute atomic E-state index is 0. The lowest BCUT2D eigenvalue weighted by Gasteiger charge is -2.17. The summed E-state index contributed by atoms with van der Waals surface area (Å²) in [5.41, 5.74) is 1.17. The summed E-state index contributed by atoms with van der Waals surface area (Å²) in [4.78, 5) is 0. The zero-order chi connectivity index (χ0) is 12.4. The lowest BCUT2D eigenvalue weighted by Crippen LogP contribution is -3.00. The van der Waals surface area contributed by atoms with E-state index in [9.17, 15) is 15.3 Å². The van der Waals surface area contributed by atoms with Crippen molar-refractivity contribution in [1.29, 1.82) is 0 Å². The van der Waals surface area contributed by atoms with Gasteiger partial charge in [-0.05, 0) is 0 Å². The molecule has 0 bridgehead atoms. The molecule has 0 aromatic heterocycles. The monoisotopic (exact) mass is 273 g/mol. The summed E-state index contributed by atoms with van der Waals surface area (Å²) in [6.07, 6.45) is -2.72. The van der Waals surface area contributed by atoms with Crippen LogP contribution in [0.5, 0.6) is 0 Å². The van der Waals surface area contributed by atoms with E-state index in [0.717, 1.165) is 6.54 Å². The number of nitrogens with two attached hydrogens (primary N) is 1. The molecular formula is C13H20ClNO3. The molecule has 1 saturated carbocycles. The number of rotatable bonds is 3. The second kappa shape index (κ2) is 6.50. The molecule has 102 valence electrons. The fraction of sp³-hybridized carbons (Fsp3) is 0.538. The normalized spacial score (nSPS) is 35.2. The van der Waals surface area contributed by atoms with Gasteiger partial charge in [0.1, 0.15) is 24.8 Å². The molecule has 0 aliphatic heterocycles. The van der Waals surface area contributed by atoms with Crippen molar-refractivity contribution in [3.8, 4) is 0 Å². The number of hydrogen-bond donors (Lipinski definition) is 4. The molecule has 0 saturated heterocycles. The number of benzene rings is 1. The first-order valence-corrected chi connectivity index (χ1v) is 6.02. The Labute approximate surface area is 113 Å². The van der Waals surface area contributed by atoms with E-state index < -0.39 is 18.3 Å². The van der Waals surface area contributed by atoms with E-state index in [2.05, 4.69) is 0 Å². The van der Waals surface area contributed by atoms with E-state index in [1.54, 1.807) is 0 Å². The average molecular weight is 274 g/mol. The van der Waals surface area contributed by atoms with Crippen molar-refractivity contribution in [2.75, 3.05) is 0 Å². The van der Waals surface area contributed by atoms with Crippen LogP contribution in [-0.2, 0) is 6.54 Å². The molecule has 1 aliphatic rings. The maximum absolute atomic E-state index is 9.84. The molecule has 0 radical (unpaired) electrons. The van der Waals surface area contributed by atoms with Crippen LogP contribution in [0.2, 0.25) is 0 Å². The third-order valence-corrected chi connectivity index (χ3v) is 3.71. The van der Waals surface area contributed by atoms with E-state index in [-0.39, 0.29) is 24.4 Å². The Balaban J connectivity index is 0.00000162. The van der Waals surface area contributed by atoms with Gasteiger partial charge in [0.05, 0.1) is 6.10 Å². The number of halogens is 1. The first kappa shape index (κ1) is 15.4. The Hall–Kier alpha value is -0.650. The Morgan fingerprint density at radius 3 is 2.11 bits per heavy atom. The first-order chi connectivity index (χ1) is 8.11. The molecule has 5 heteroatoms. The summed E-state index contributed by atoms with van der Waals surface area (Å²) in [6.45, 7) is 2.60. The molecule has 0 spiro atoms. The Kier molecular flexibility index (Phi) is 5.56. The predicted molar refractivity (Wildman–Crippen MR) is 63.0 cm³/mol. The SMILES string of the molecule is C[C@H]1[C@@H](O)[C@@H](O)[C@H](O)[C@@H]1[NH2+]Cc1ccccc1.[Cl-]. The van der Waals surface area contributed by atoms with Crippen molar-refractivity contribution in [3.63, 3.8) is 0 Å². The number of hydrogen-bond acceptors (Lipinski definition) is 3. The summed E-state index contributed by atoms with van der Waals surface area (Å²) >= 11 is 0. The third kappa shape index (κ3) is 3.02. The third-order valence-electron chi connectivity index (χ3n) is 3.71. The van der Waals surface area contributed by atoms with E-state index in [1.165, 1.54) is 5.56 Å². The van der Waals surface area contributed by atoms with Crippen LogP contribution in [0.4, 0.5) is 0 Å². The van der Waals surface area contributed by atoms with Crippen molar-refractivity contribution in [1.82, 2.24) is 0 Å². The highest BCUT2D eigenvalue weighted by Gasteiger charge is 2.48. The van der Waals surface area contributed by atoms with Crippen LogP contribution >= 0.6 is 0 Å². The number of aliphatic hydroxyl groups excluding tert-OH is 3. The molecule has 1 aromatic rings. The molecule has 4 nitrogen and oxygen atoms in total. The van der Waals surface area contributed by atoms with Crippen LogP contribution in [0.25, 0.3) is 0 Å². The van der Waals surface area contributed by atoms with Gasteiger partial charge in [0.15, 0.2) is 0 Å². The van der Waals surface area contributed by atoms with E-state index in [0.29, 0.717) is 0 Å². The molecule has 18 heavy (non-hydrogen) atoms. The van der Waals surface area contributed by atoms with Crippen molar-refractivity contribution in [2.24, 2.45) is 5.92 Å². The van der Waals surface area contributed by atoms with Crippen LogP contribution in [-0.4, -0.2) is 39.7 Å². The van der Waals surface area contributed by atoms with Gasteiger partial charge in [0, 0.05) is 11.5 Å². The van der Waals surface area contributed by atoms with E-state index in [4.69, 9.17) is 0 Å². The summed E-state index contributed by atoms with van der Waals surface area (Å²) in [5, 5.41) is 31.1.